The molecule has 0 fully saturated rings. The smallest absolute Gasteiger partial charge is 0.253 e. The number of thiazole rings is 1. The van der Waals surface area contributed by atoms with Crippen LogP contribution in [-0.2, 0) is 4.79 Å². The third-order valence-corrected chi connectivity index (χ3v) is 5.47. The van der Waals surface area contributed by atoms with Gasteiger partial charge in [-0.05, 0) is 31.2 Å². The predicted octanol–water partition coefficient (Wildman–Crippen LogP) is 3.63. The number of hydrazone groups is 1. The van der Waals surface area contributed by atoms with Crippen molar-refractivity contribution in [3.63, 3.8) is 0 Å². The van der Waals surface area contributed by atoms with Crippen molar-refractivity contribution in [2.75, 3.05) is 0 Å². The molecule has 1 heterocycles. The van der Waals surface area contributed by atoms with Crippen LogP contribution in [0.15, 0.2) is 58.0 Å². The van der Waals surface area contributed by atoms with Crippen molar-refractivity contribution in [3.8, 4) is 5.75 Å². The Morgan fingerprint density at radius 3 is 2.83 bits per heavy atom. The number of para-hydroxylation sites is 2. The first-order valence-electron chi connectivity index (χ1n) is 7.26. The molecule has 1 aromatic heterocycles. The van der Waals surface area contributed by atoms with E-state index < -0.39 is 0 Å². The van der Waals surface area contributed by atoms with Crippen molar-refractivity contribution < 1.29 is 9.90 Å². The number of phenolic OH excluding ortho intramolecular Hbond substituents is 1. The standard InChI is InChI=1S/C17H15N3O2S2/c1-11(23-17-19-13-7-3-5-9-15(13)24-17)16(22)20-18-10-12-6-2-4-8-14(12)21/h2-11,21H,1H3,(H,20,22)/b18-10+. The monoisotopic (exact) mass is 357 g/mol. The zero-order valence-corrected chi connectivity index (χ0v) is 14.5. The van der Waals surface area contributed by atoms with E-state index in [0.717, 1.165) is 14.6 Å². The fourth-order valence-electron chi connectivity index (χ4n) is 1.96. The highest BCUT2D eigenvalue weighted by Gasteiger charge is 2.16. The van der Waals surface area contributed by atoms with Crippen molar-refractivity contribution >= 4 is 45.4 Å². The van der Waals surface area contributed by atoms with Crippen LogP contribution < -0.4 is 5.43 Å². The van der Waals surface area contributed by atoms with Crippen LogP contribution in [0.25, 0.3) is 10.2 Å². The van der Waals surface area contributed by atoms with Gasteiger partial charge in [-0.25, -0.2) is 10.4 Å². The Balaban J connectivity index is 1.59. The number of hydrogen-bond acceptors (Lipinski definition) is 6. The number of aromatic hydroxyl groups is 1. The first kappa shape index (κ1) is 16.5. The van der Waals surface area contributed by atoms with Gasteiger partial charge in [0.25, 0.3) is 5.91 Å². The summed E-state index contributed by atoms with van der Waals surface area (Å²) in [6, 6.07) is 14.7. The maximum absolute atomic E-state index is 12.1. The number of fused-ring (bicyclic) bond motifs is 1. The second-order valence-electron chi connectivity index (χ2n) is 5.00. The van der Waals surface area contributed by atoms with Gasteiger partial charge in [0.2, 0.25) is 0 Å². The highest BCUT2D eigenvalue weighted by molar-refractivity contribution is 8.02. The Bertz CT molecular complexity index is 859. The topological polar surface area (TPSA) is 74.6 Å². The molecule has 122 valence electrons. The molecule has 1 atom stereocenters. The number of thioether (sulfide) groups is 1. The number of nitrogens with zero attached hydrogens (tertiary/aromatic N) is 2. The highest BCUT2D eigenvalue weighted by atomic mass is 32.2. The minimum Gasteiger partial charge on any atom is -0.507 e. The number of rotatable bonds is 5. The third-order valence-electron chi connectivity index (χ3n) is 3.24. The zero-order chi connectivity index (χ0) is 16.9. The van der Waals surface area contributed by atoms with E-state index in [-0.39, 0.29) is 16.9 Å². The van der Waals surface area contributed by atoms with Gasteiger partial charge in [0, 0.05) is 5.56 Å². The summed E-state index contributed by atoms with van der Waals surface area (Å²) < 4.78 is 1.95. The van der Waals surface area contributed by atoms with Crippen LogP contribution in [0.1, 0.15) is 12.5 Å². The number of amides is 1. The second-order valence-corrected chi connectivity index (χ2v) is 7.62. The van der Waals surface area contributed by atoms with Gasteiger partial charge in [0.15, 0.2) is 4.34 Å². The summed E-state index contributed by atoms with van der Waals surface area (Å²) in [5.74, 6) is -0.0988. The molecule has 3 aromatic rings. The van der Waals surface area contributed by atoms with Gasteiger partial charge in [0.05, 0.1) is 21.7 Å². The third kappa shape index (κ3) is 3.93. The van der Waals surface area contributed by atoms with Crippen molar-refractivity contribution in [2.24, 2.45) is 5.10 Å². The number of aromatic nitrogens is 1. The number of nitrogens with one attached hydrogen (secondary N) is 1. The van der Waals surface area contributed by atoms with Gasteiger partial charge in [-0.1, -0.05) is 36.0 Å². The van der Waals surface area contributed by atoms with Gasteiger partial charge in [-0.2, -0.15) is 5.10 Å². The fourth-order valence-corrected chi connectivity index (χ4v) is 4.16. The fraction of sp³-hybridized carbons (Fsp3) is 0.118. The summed E-state index contributed by atoms with van der Waals surface area (Å²) in [5, 5.41) is 13.2. The van der Waals surface area contributed by atoms with E-state index in [2.05, 4.69) is 15.5 Å². The second kappa shape index (κ2) is 7.46. The van der Waals surface area contributed by atoms with Crippen molar-refractivity contribution in [1.82, 2.24) is 10.4 Å². The van der Waals surface area contributed by atoms with Gasteiger partial charge in [-0.15, -0.1) is 11.3 Å². The Morgan fingerprint density at radius 2 is 2.04 bits per heavy atom. The SMILES string of the molecule is CC(Sc1nc2ccccc2s1)C(=O)N/N=C/c1ccccc1O. The molecule has 7 heteroatoms. The van der Waals surface area contributed by atoms with E-state index >= 15 is 0 Å². The molecular weight excluding hydrogens is 342 g/mol. The molecule has 0 spiro atoms. The molecule has 3 rings (SSSR count). The van der Waals surface area contributed by atoms with Crippen LogP contribution in [0, 0.1) is 0 Å². The molecule has 0 saturated heterocycles. The summed E-state index contributed by atoms with van der Waals surface area (Å²) in [4.78, 5) is 16.6. The van der Waals surface area contributed by atoms with Crippen LogP contribution in [0.2, 0.25) is 0 Å². The highest BCUT2D eigenvalue weighted by Crippen LogP contribution is 2.31. The lowest BCUT2D eigenvalue weighted by molar-refractivity contribution is -0.120. The van der Waals surface area contributed by atoms with Gasteiger partial charge in [0.1, 0.15) is 5.75 Å². The normalized spacial score (nSPS) is 12.5. The number of benzene rings is 2. The largest absolute Gasteiger partial charge is 0.507 e. The lowest BCUT2D eigenvalue weighted by Gasteiger charge is -2.06. The van der Waals surface area contributed by atoms with Crippen molar-refractivity contribution in [2.45, 2.75) is 16.5 Å². The molecule has 0 aliphatic heterocycles. The van der Waals surface area contributed by atoms with E-state index in [9.17, 15) is 9.90 Å². The molecule has 0 aliphatic carbocycles. The lowest BCUT2D eigenvalue weighted by Crippen LogP contribution is -2.26. The molecule has 1 amide bonds. The molecule has 0 radical (unpaired) electrons. The van der Waals surface area contributed by atoms with Crippen LogP contribution in [0.3, 0.4) is 0 Å². The zero-order valence-electron chi connectivity index (χ0n) is 12.8. The summed E-state index contributed by atoms with van der Waals surface area (Å²) in [6.07, 6.45) is 1.42. The predicted molar refractivity (Wildman–Crippen MR) is 98.8 cm³/mol. The lowest BCUT2D eigenvalue weighted by atomic mass is 10.2. The molecule has 1 unspecified atom stereocenters. The first-order chi connectivity index (χ1) is 11.6. The van der Waals surface area contributed by atoms with E-state index in [4.69, 9.17) is 0 Å². The molecule has 2 N–H and O–H groups in total. The molecule has 0 saturated carbocycles. The Morgan fingerprint density at radius 1 is 1.29 bits per heavy atom. The average molecular weight is 357 g/mol. The molecule has 5 nitrogen and oxygen atoms in total. The van der Waals surface area contributed by atoms with Crippen molar-refractivity contribution in [1.29, 1.82) is 0 Å². The molecular formula is C17H15N3O2S2. The average Bonchev–Trinajstić information content (AvgIpc) is 2.98. The summed E-state index contributed by atoms with van der Waals surface area (Å²) in [7, 11) is 0. The number of phenols is 1. The Kier molecular flexibility index (Phi) is 5.12. The Labute approximate surface area is 147 Å². The number of hydrogen-bond donors (Lipinski definition) is 2. The van der Waals surface area contributed by atoms with Crippen molar-refractivity contribution in [3.05, 3.63) is 54.1 Å². The van der Waals surface area contributed by atoms with Gasteiger partial charge >= 0.3 is 0 Å². The quantitative estimate of drug-likeness (QED) is 0.415. The first-order valence-corrected chi connectivity index (χ1v) is 8.96. The van der Waals surface area contributed by atoms with Gasteiger partial charge < -0.3 is 5.11 Å². The van der Waals surface area contributed by atoms with Crippen LogP contribution in [-0.4, -0.2) is 27.5 Å². The van der Waals surface area contributed by atoms with Crippen LogP contribution in [0.5, 0.6) is 5.75 Å². The minimum absolute atomic E-state index is 0.118. The number of carbonyl (C=O) groups excluding carboxylic acids is 1. The maximum atomic E-state index is 12.1. The number of carbonyl (C=O) groups is 1. The molecule has 24 heavy (non-hydrogen) atoms. The summed E-state index contributed by atoms with van der Waals surface area (Å²) in [5.41, 5.74) is 3.97. The summed E-state index contributed by atoms with van der Waals surface area (Å²) in [6.45, 7) is 1.81. The van der Waals surface area contributed by atoms with E-state index in [0.29, 0.717) is 5.56 Å². The molecule has 2 aromatic carbocycles. The molecule has 0 aliphatic rings. The Hall–Kier alpha value is -2.38. The summed E-state index contributed by atoms with van der Waals surface area (Å²) >= 11 is 2.96. The van der Waals surface area contributed by atoms with Gasteiger partial charge in [-0.3, -0.25) is 4.79 Å². The van der Waals surface area contributed by atoms with E-state index in [1.165, 1.54) is 18.0 Å². The minimum atomic E-state index is -0.327. The van der Waals surface area contributed by atoms with E-state index in [1.807, 2.05) is 31.2 Å². The van der Waals surface area contributed by atoms with Crippen LogP contribution in [0.4, 0.5) is 0 Å². The maximum Gasteiger partial charge on any atom is 0.253 e. The van der Waals surface area contributed by atoms with E-state index in [1.54, 1.807) is 35.6 Å². The molecule has 0 bridgehead atoms. The van der Waals surface area contributed by atoms with Crippen LogP contribution >= 0.6 is 23.1 Å².